The first-order valence-electron chi connectivity index (χ1n) is 21.4. The van der Waals surface area contributed by atoms with Gasteiger partial charge in [-0.1, -0.05) is 170 Å². The predicted molar refractivity (Wildman–Crippen MR) is 229 cm³/mol. The maximum absolute atomic E-state index is 12.8. The predicted octanol–water partition coefficient (Wildman–Crippen LogP) is 9.97. The lowest BCUT2D eigenvalue weighted by atomic mass is 10.0. The summed E-state index contributed by atoms with van der Waals surface area (Å²) in [6.07, 6.45) is 43.7. The van der Waals surface area contributed by atoms with Gasteiger partial charge in [-0.05, 0) is 44.9 Å². The number of nitrogens with zero attached hydrogens (tertiary/aromatic N) is 1. The lowest BCUT2D eigenvalue weighted by Gasteiger charge is -2.30. The Morgan fingerprint density at radius 3 is 1.87 bits per heavy atom. The van der Waals surface area contributed by atoms with Crippen LogP contribution < -0.4 is 10.2 Å². The Morgan fingerprint density at radius 2 is 1.27 bits per heavy atom. The molecule has 0 saturated carbocycles. The van der Waals surface area contributed by atoms with Gasteiger partial charge in [0.2, 0.25) is 5.91 Å². The highest BCUT2D eigenvalue weighted by Crippen LogP contribution is 2.38. The molecule has 10 heteroatoms. The van der Waals surface area contributed by atoms with Gasteiger partial charge in [0.05, 0.1) is 46.0 Å². The summed E-state index contributed by atoms with van der Waals surface area (Å²) in [4.78, 5) is 25.3. The molecule has 0 spiro atoms. The van der Waals surface area contributed by atoms with E-state index in [2.05, 4.69) is 49.5 Å². The number of aliphatic hydroxyl groups excluding tert-OH is 2. The van der Waals surface area contributed by atoms with Crippen LogP contribution in [0.15, 0.2) is 72.9 Å². The first kappa shape index (κ1) is 52.9. The number of nitrogens with one attached hydrogen (secondary N) is 1. The van der Waals surface area contributed by atoms with Crippen molar-refractivity contribution in [3.8, 4) is 0 Å². The van der Waals surface area contributed by atoms with Crippen LogP contribution in [0.3, 0.4) is 0 Å². The number of phosphoric acid groups is 1. The number of phosphoric ester groups is 1. The van der Waals surface area contributed by atoms with Gasteiger partial charge in [-0.15, -0.1) is 0 Å². The molecule has 0 aliphatic heterocycles. The third-order valence-corrected chi connectivity index (χ3v) is 10.0. The maximum Gasteiger partial charge on any atom is 0.268 e. The smallest absolute Gasteiger partial charge is 0.268 e. The number of carbonyl (C=O) groups is 1. The minimum absolute atomic E-state index is 0.0144. The number of hydrogen-bond acceptors (Lipinski definition) is 7. The fourth-order valence-corrected chi connectivity index (χ4v) is 6.34. The molecule has 0 rings (SSSR count). The van der Waals surface area contributed by atoms with Crippen LogP contribution in [0.5, 0.6) is 0 Å². The molecule has 0 saturated heterocycles. The number of likely N-dealkylation sites (N-methyl/N-ethyl adjacent to an activating group) is 1. The molecule has 0 aromatic carbocycles. The van der Waals surface area contributed by atoms with E-state index < -0.39 is 26.1 Å². The molecule has 0 aliphatic carbocycles. The van der Waals surface area contributed by atoms with Crippen molar-refractivity contribution in [3.05, 3.63) is 72.9 Å². The number of aliphatic hydroxyl groups is 2. The molecular formula is C45H81N2O7P. The largest absolute Gasteiger partial charge is 0.756 e. The molecule has 55 heavy (non-hydrogen) atoms. The van der Waals surface area contributed by atoms with Crippen LogP contribution in [0.1, 0.15) is 149 Å². The second kappa shape index (κ2) is 36.3. The summed E-state index contributed by atoms with van der Waals surface area (Å²) >= 11 is 0. The van der Waals surface area contributed by atoms with Crippen LogP contribution in [-0.4, -0.2) is 79.8 Å². The second-order valence-electron chi connectivity index (χ2n) is 15.5. The molecule has 0 aromatic heterocycles. The minimum Gasteiger partial charge on any atom is -0.756 e. The van der Waals surface area contributed by atoms with Crippen molar-refractivity contribution in [1.29, 1.82) is 0 Å². The van der Waals surface area contributed by atoms with Crippen LogP contribution in [0.25, 0.3) is 0 Å². The van der Waals surface area contributed by atoms with E-state index >= 15 is 0 Å². The highest BCUT2D eigenvalue weighted by atomic mass is 31.2. The third-order valence-electron chi connectivity index (χ3n) is 9.05. The molecule has 4 atom stereocenters. The van der Waals surface area contributed by atoms with Crippen molar-refractivity contribution in [2.24, 2.45) is 0 Å². The van der Waals surface area contributed by atoms with Gasteiger partial charge in [-0.3, -0.25) is 9.36 Å². The zero-order chi connectivity index (χ0) is 40.9. The van der Waals surface area contributed by atoms with Gasteiger partial charge < -0.3 is 34.0 Å². The molecule has 0 aliphatic rings. The fourth-order valence-electron chi connectivity index (χ4n) is 5.62. The Labute approximate surface area is 336 Å². The van der Waals surface area contributed by atoms with Crippen molar-refractivity contribution in [3.63, 3.8) is 0 Å². The minimum atomic E-state index is -4.60. The van der Waals surface area contributed by atoms with Crippen molar-refractivity contribution in [2.75, 3.05) is 40.9 Å². The number of unbranched alkanes of at least 4 members (excludes halogenated alkanes) is 12. The van der Waals surface area contributed by atoms with E-state index in [-0.39, 0.29) is 25.5 Å². The van der Waals surface area contributed by atoms with Crippen molar-refractivity contribution in [1.82, 2.24) is 5.32 Å². The zero-order valence-electron chi connectivity index (χ0n) is 35.5. The lowest BCUT2D eigenvalue weighted by molar-refractivity contribution is -0.870. The molecule has 0 bridgehead atoms. The van der Waals surface area contributed by atoms with Crippen LogP contribution in [-0.2, 0) is 18.4 Å². The average Bonchev–Trinajstić information content (AvgIpc) is 3.13. The Hall–Kier alpha value is -2.10. The van der Waals surface area contributed by atoms with E-state index in [0.717, 1.165) is 44.9 Å². The molecule has 318 valence electrons. The van der Waals surface area contributed by atoms with Gasteiger partial charge in [-0.2, -0.15) is 0 Å². The zero-order valence-corrected chi connectivity index (χ0v) is 36.4. The average molecular weight is 793 g/mol. The van der Waals surface area contributed by atoms with Crippen LogP contribution in [0.4, 0.5) is 0 Å². The Kier molecular flexibility index (Phi) is 34.9. The van der Waals surface area contributed by atoms with Crippen molar-refractivity contribution < 1.29 is 38.0 Å². The standard InChI is InChI=1S/C45H81N2O7P/c1-6-8-10-12-14-15-16-17-18-22-25-29-33-37-44(49)43(41-54-55(51,52)53-40-39-47(3,4)5)46-45(50)38-34-30-26-23-20-19-21-24-28-32-36-42(48)35-31-27-13-11-9-7-2/h9,11,19-20,24,26-28,30-32,36,42-44,48-49H,6-8,10,12-18,21-23,25,29,33-35,37-41H2,1-5H3,(H-,46,50,51,52)/b11-9-,20-19-,28-24-,30-26-,31-27-,36-32+/t42?,43-,44+/m0/s1. The molecule has 3 N–H and O–H groups in total. The third kappa shape index (κ3) is 38.5. The molecule has 0 aromatic rings. The number of allylic oxidation sites excluding steroid dienone is 10. The number of amides is 1. The normalized spacial score (nSPS) is 15.7. The van der Waals surface area contributed by atoms with E-state index in [1.165, 1.54) is 64.2 Å². The van der Waals surface area contributed by atoms with Crippen LogP contribution >= 0.6 is 7.82 Å². The van der Waals surface area contributed by atoms with E-state index in [1.807, 2.05) is 57.6 Å². The van der Waals surface area contributed by atoms with Gasteiger partial charge in [0.15, 0.2) is 0 Å². The van der Waals surface area contributed by atoms with E-state index in [4.69, 9.17) is 9.05 Å². The monoisotopic (exact) mass is 793 g/mol. The summed E-state index contributed by atoms with van der Waals surface area (Å²) in [6.45, 7) is 4.45. The van der Waals surface area contributed by atoms with Gasteiger partial charge >= 0.3 is 0 Å². The summed E-state index contributed by atoms with van der Waals surface area (Å²) in [5, 5.41) is 23.8. The lowest BCUT2D eigenvalue weighted by Crippen LogP contribution is -2.46. The van der Waals surface area contributed by atoms with E-state index in [1.54, 1.807) is 6.08 Å². The molecule has 0 radical (unpaired) electrons. The highest BCUT2D eigenvalue weighted by Gasteiger charge is 2.24. The Morgan fingerprint density at radius 1 is 0.727 bits per heavy atom. The maximum atomic E-state index is 12.8. The van der Waals surface area contributed by atoms with Crippen molar-refractivity contribution >= 4 is 13.7 Å². The molecule has 2 unspecified atom stereocenters. The number of carbonyl (C=O) groups excluding carboxylic acids is 1. The molecular weight excluding hydrogens is 711 g/mol. The molecule has 0 heterocycles. The first-order chi connectivity index (χ1) is 26.4. The van der Waals surface area contributed by atoms with Gasteiger partial charge in [0.25, 0.3) is 7.82 Å². The molecule has 0 fully saturated rings. The van der Waals surface area contributed by atoms with E-state index in [9.17, 15) is 24.5 Å². The number of hydrogen-bond donors (Lipinski definition) is 3. The first-order valence-corrected chi connectivity index (χ1v) is 22.9. The number of quaternary nitrogens is 1. The SMILES string of the molecule is CC/C=C\C/C=C\CC(O)/C=C/C=C\C/C=C\C/C=C\CCC(=O)N[C@@H](COP(=O)([O-])OCC[N+](C)(C)C)[C@H](O)CCCCCCCCCCCCCCC. The Balaban J connectivity index is 4.61. The topological polar surface area (TPSA) is 128 Å². The summed E-state index contributed by atoms with van der Waals surface area (Å²) in [5.74, 6) is -0.270. The van der Waals surface area contributed by atoms with Crippen LogP contribution in [0, 0.1) is 0 Å². The van der Waals surface area contributed by atoms with Gasteiger partial charge in [0.1, 0.15) is 13.2 Å². The quantitative estimate of drug-likeness (QED) is 0.0188. The van der Waals surface area contributed by atoms with Crippen molar-refractivity contribution in [2.45, 2.75) is 167 Å². The van der Waals surface area contributed by atoms with Gasteiger partial charge in [-0.25, -0.2) is 0 Å². The fraction of sp³-hybridized carbons (Fsp3) is 0.711. The second-order valence-corrected chi connectivity index (χ2v) is 16.9. The van der Waals surface area contributed by atoms with Crippen LogP contribution in [0.2, 0.25) is 0 Å². The molecule has 9 nitrogen and oxygen atoms in total. The van der Waals surface area contributed by atoms with Gasteiger partial charge in [0, 0.05) is 6.42 Å². The summed E-state index contributed by atoms with van der Waals surface area (Å²) in [6, 6.07) is -0.859. The molecule has 1 amide bonds. The highest BCUT2D eigenvalue weighted by molar-refractivity contribution is 7.45. The summed E-state index contributed by atoms with van der Waals surface area (Å²) < 4.78 is 23.2. The summed E-state index contributed by atoms with van der Waals surface area (Å²) in [7, 11) is 1.21. The summed E-state index contributed by atoms with van der Waals surface area (Å²) in [5.41, 5.74) is 0. The van der Waals surface area contributed by atoms with E-state index in [0.29, 0.717) is 30.3 Å². The number of rotatable bonds is 37. The Bertz CT molecular complexity index is 1140.